The number of carbonyl (C=O) groups excluding carboxylic acids is 1. The number of piperazine rings is 1. The van der Waals surface area contributed by atoms with Crippen molar-refractivity contribution in [3.05, 3.63) is 76.6 Å². The van der Waals surface area contributed by atoms with Gasteiger partial charge in [0.05, 0.1) is 17.8 Å². The smallest absolute Gasteiger partial charge is 0.259 e. The molecule has 6 nitrogen and oxygen atoms in total. The highest BCUT2D eigenvalue weighted by molar-refractivity contribution is 6.06. The Morgan fingerprint density at radius 1 is 1.00 bits per heavy atom. The summed E-state index contributed by atoms with van der Waals surface area (Å²) in [5, 5.41) is 7.74. The van der Waals surface area contributed by atoms with E-state index in [1.165, 1.54) is 5.69 Å². The topological polar surface area (TPSA) is 53.4 Å². The molecule has 2 aromatic carbocycles. The summed E-state index contributed by atoms with van der Waals surface area (Å²) in [5.74, 6) is -0.105. The Morgan fingerprint density at radius 3 is 2.38 bits per heavy atom. The summed E-state index contributed by atoms with van der Waals surface area (Å²) in [6, 6.07) is 16.5. The van der Waals surface area contributed by atoms with E-state index in [0.717, 1.165) is 60.9 Å². The quantitative estimate of drug-likeness (QED) is 0.634. The normalized spacial score (nSPS) is 14.6. The van der Waals surface area contributed by atoms with Gasteiger partial charge in [0.15, 0.2) is 0 Å². The standard InChI is InChI=1S/C26H33N5O/c1-5-29-13-15-30(16-14-29)23-11-12-24(19(2)17-23)27-26(32)25-20(3)28-31(21(25)4)18-22-9-7-6-8-10-22/h6-12,17H,5,13-16,18H2,1-4H3,(H,27,32). The van der Waals surface area contributed by atoms with Crippen LogP contribution in [0, 0.1) is 20.8 Å². The molecule has 4 rings (SSSR count). The molecular formula is C26H33N5O. The highest BCUT2D eigenvalue weighted by Gasteiger charge is 2.20. The van der Waals surface area contributed by atoms with E-state index in [2.05, 4.69) is 58.3 Å². The number of aromatic nitrogens is 2. The number of benzene rings is 2. The van der Waals surface area contributed by atoms with Crippen molar-refractivity contribution in [3.63, 3.8) is 0 Å². The fourth-order valence-corrected chi connectivity index (χ4v) is 4.43. The first-order chi connectivity index (χ1) is 15.5. The predicted molar refractivity (Wildman–Crippen MR) is 131 cm³/mol. The molecule has 168 valence electrons. The monoisotopic (exact) mass is 431 g/mol. The van der Waals surface area contributed by atoms with E-state index in [0.29, 0.717) is 12.1 Å². The molecule has 0 bridgehead atoms. The molecule has 0 saturated carbocycles. The molecule has 0 radical (unpaired) electrons. The van der Waals surface area contributed by atoms with Crippen LogP contribution in [0.5, 0.6) is 0 Å². The summed E-state index contributed by atoms with van der Waals surface area (Å²) in [4.78, 5) is 18.0. The molecule has 32 heavy (non-hydrogen) atoms. The first kappa shape index (κ1) is 22.1. The summed E-state index contributed by atoms with van der Waals surface area (Å²) >= 11 is 0. The second-order valence-corrected chi connectivity index (χ2v) is 8.56. The van der Waals surface area contributed by atoms with E-state index in [9.17, 15) is 4.79 Å². The Hall–Kier alpha value is -3.12. The first-order valence-electron chi connectivity index (χ1n) is 11.4. The van der Waals surface area contributed by atoms with Crippen LogP contribution in [-0.2, 0) is 6.54 Å². The van der Waals surface area contributed by atoms with Crippen LogP contribution in [0.2, 0.25) is 0 Å². The first-order valence-corrected chi connectivity index (χ1v) is 11.4. The van der Waals surface area contributed by atoms with Crippen LogP contribution in [0.3, 0.4) is 0 Å². The van der Waals surface area contributed by atoms with Crippen LogP contribution >= 0.6 is 0 Å². The van der Waals surface area contributed by atoms with Crippen molar-refractivity contribution in [3.8, 4) is 0 Å². The Bertz CT molecular complexity index is 1080. The Labute approximate surface area is 190 Å². The van der Waals surface area contributed by atoms with Crippen LogP contribution in [0.25, 0.3) is 0 Å². The zero-order valence-corrected chi connectivity index (χ0v) is 19.6. The van der Waals surface area contributed by atoms with Gasteiger partial charge in [0.1, 0.15) is 0 Å². The van der Waals surface area contributed by atoms with E-state index >= 15 is 0 Å². The van der Waals surface area contributed by atoms with Gasteiger partial charge in [-0.3, -0.25) is 9.48 Å². The largest absolute Gasteiger partial charge is 0.369 e. The number of aryl methyl sites for hydroxylation is 2. The van der Waals surface area contributed by atoms with Crippen LogP contribution in [-0.4, -0.2) is 53.3 Å². The lowest BCUT2D eigenvalue weighted by atomic mass is 10.1. The van der Waals surface area contributed by atoms with Gasteiger partial charge in [-0.15, -0.1) is 0 Å². The minimum atomic E-state index is -0.105. The zero-order chi connectivity index (χ0) is 22.7. The number of hydrogen-bond acceptors (Lipinski definition) is 4. The van der Waals surface area contributed by atoms with Crippen molar-refractivity contribution in [2.75, 3.05) is 42.9 Å². The number of hydrogen-bond donors (Lipinski definition) is 1. The fraction of sp³-hybridized carbons (Fsp3) is 0.385. The Balaban J connectivity index is 1.47. The summed E-state index contributed by atoms with van der Waals surface area (Å²) in [7, 11) is 0. The summed E-state index contributed by atoms with van der Waals surface area (Å²) < 4.78 is 1.91. The van der Waals surface area contributed by atoms with Crippen molar-refractivity contribution in [2.24, 2.45) is 0 Å². The third-order valence-electron chi connectivity index (χ3n) is 6.43. The number of carbonyl (C=O) groups is 1. The summed E-state index contributed by atoms with van der Waals surface area (Å²) in [6.07, 6.45) is 0. The minimum absolute atomic E-state index is 0.105. The molecular weight excluding hydrogens is 398 g/mol. The average Bonchev–Trinajstić information content (AvgIpc) is 3.08. The molecule has 1 saturated heterocycles. The lowest BCUT2D eigenvalue weighted by molar-refractivity contribution is 0.102. The minimum Gasteiger partial charge on any atom is -0.369 e. The third-order valence-corrected chi connectivity index (χ3v) is 6.43. The number of nitrogens with zero attached hydrogens (tertiary/aromatic N) is 4. The lowest BCUT2D eigenvalue weighted by Crippen LogP contribution is -2.46. The molecule has 2 heterocycles. The van der Waals surface area contributed by atoms with E-state index in [-0.39, 0.29) is 5.91 Å². The van der Waals surface area contributed by atoms with Gasteiger partial charge in [-0.2, -0.15) is 5.10 Å². The molecule has 0 aliphatic carbocycles. The van der Waals surface area contributed by atoms with Crippen LogP contribution in [0.4, 0.5) is 11.4 Å². The van der Waals surface area contributed by atoms with Gasteiger partial charge in [-0.25, -0.2) is 0 Å². The zero-order valence-electron chi connectivity index (χ0n) is 19.6. The molecule has 0 unspecified atom stereocenters. The molecule has 1 aliphatic rings. The maximum absolute atomic E-state index is 13.1. The maximum atomic E-state index is 13.1. The van der Waals surface area contributed by atoms with Crippen molar-refractivity contribution < 1.29 is 4.79 Å². The van der Waals surface area contributed by atoms with Crippen molar-refractivity contribution in [2.45, 2.75) is 34.2 Å². The molecule has 0 atom stereocenters. The lowest BCUT2D eigenvalue weighted by Gasteiger charge is -2.35. The van der Waals surface area contributed by atoms with Gasteiger partial charge in [0, 0.05) is 43.2 Å². The second-order valence-electron chi connectivity index (χ2n) is 8.56. The molecule has 1 fully saturated rings. The molecule has 1 N–H and O–H groups in total. The predicted octanol–water partition coefficient (Wildman–Crippen LogP) is 4.25. The number of rotatable bonds is 6. The van der Waals surface area contributed by atoms with E-state index < -0.39 is 0 Å². The van der Waals surface area contributed by atoms with E-state index in [4.69, 9.17) is 0 Å². The average molecular weight is 432 g/mol. The molecule has 3 aromatic rings. The van der Waals surface area contributed by atoms with Crippen LogP contribution in [0.1, 0.15) is 39.8 Å². The highest BCUT2D eigenvalue weighted by Crippen LogP contribution is 2.25. The van der Waals surface area contributed by atoms with Gasteiger partial charge in [0.2, 0.25) is 0 Å². The van der Waals surface area contributed by atoms with E-state index in [1.807, 2.05) is 42.8 Å². The van der Waals surface area contributed by atoms with Gasteiger partial charge in [-0.1, -0.05) is 37.3 Å². The summed E-state index contributed by atoms with van der Waals surface area (Å²) in [5.41, 5.74) is 6.59. The van der Waals surface area contributed by atoms with Crippen LogP contribution in [0.15, 0.2) is 48.5 Å². The van der Waals surface area contributed by atoms with Gasteiger partial charge in [0.25, 0.3) is 5.91 Å². The number of likely N-dealkylation sites (N-methyl/N-ethyl adjacent to an activating group) is 1. The van der Waals surface area contributed by atoms with Crippen molar-refractivity contribution >= 4 is 17.3 Å². The van der Waals surface area contributed by atoms with Crippen molar-refractivity contribution in [1.29, 1.82) is 0 Å². The Morgan fingerprint density at radius 2 is 1.72 bits per heavy atom. The Kier molecular flexibility index (Phi) is 6.61. The van der Waals surface area contributed by atoms with Gasteiger partial charge < -0.3 is 15.1 Å². The van der Waals surface area contributed by atoms with Gasteiger partial charge in [-0.05, 0) is 56.6 Å². The highest BCUT2D eigenvalue weighted by atomic mass is 16.1. The van der Waals surface area contributed by atoms with Gasteiger partial charge >= 0.3 is 0 Å². The molecule has 1 amide bonds. The van der Waals surface area contributed by atoms with Crippen LogP contribution < -0.4 is 10.2 Å². The summed E-state index contributed by atoms with van der Waals surface area (Å²) in [6.45, 7) is 14.2. The molecule has 1 aromatic heterocycles. The number of nitrogens with one attached hydrogen (secondary N) is 1. The molecule has 1 aliphatic heterocycles. The SMILES string of the molecule is CCN1CCN(c2ccc(NC(=O)c3c(C)nn(Cc4ccccc4)c3C)c(C)c2)CC1. The maximum Gasteiger partial charge on any atom is 0.259 e. The van der Waals surface area contributed by atoms with E-state index in [1.54, 1.807) is 0 Å². The molecule has 6 heteroatoms. The number of amides is 1. The fourth-order valence-electron chi connectivity index (χ4n) is 4.43. The van der Waals surface area contributed by atoms with Crippen molar-refractivity contribution in [1.82, 2.24) is 14.7 Å². The number of anilines is 2. The third kappa shape index (κ3) is 4.70. The molecule has 0 spiro atoms. The second kappa shape index (κ2) is 9.57.